The summed E-state index contributed by atoms with van der Waals surface area (Å²) >= 11 is 0. The van der Waals surface area contributed by atoms with Crippen molar-refractivity contribution in [2.75, 3.05) is 26.2 Å². The first-order chi connectivity index (χ1) is 9.22. The summed E-state index contributed by atoms with van der Waals surface area (Å²) in [5.74, 6) is 2.25. The largest absolute Gasteiger partial charge is 0.464 e. The maximum Gasteiger partial charge on any atom is 0.121 e. The van der Waals surface area contributed by atoms with Crippen LogP contribution in [0.5, 0.6) is 0 Å². The Kier molecular flexibility index (Phi) is 5.46. The number of hydrogen-bond donors (Lipinski definition) is 1. The number of unbranched alkanes of at least 4 members (excludes halogenated alkanes) is 2. The lowest BCUT2D eigenvalue weighted by Crippen LogP contribution is -2.45. The number of aryl methyl sites for hydroxylation is 2. The van der Waals surface area contributed by atoms with Gasteiger partial charge in [-0.2, -0.15) is 0 Å². The lowest BCUT2D eigenvalue weighted by molar-refractivity contribution is 0.143. The maximum atomic E-state index is 6.00. The van der Waals surface area contributed by atoms with E-state index in [-0.39, 0.29) is 0 Å². The third kappa shape index (κ3) is 3.83. The molecule has 0 spiro atoms. The molecule has 2 rings (SSSR count). The molecule has 19 heavy (non-hydrogen) atoms. The molecule has 0 bridgehead atoms. The number of nitrogens with zero attached hydrogens (tertiary/aromatic N) is 1. The molecule has 1 aromatic heterocycles. The summed E-state index contributed by atoms with van der Waals surface area (Å²) in [6.07, 6.45) is 5.12. The molecule has 108 valence electrons. The van der Waals surface area contributed by atoms with Crippen LogP contribution in [-0.2, 0) is 0 Å². The zero-order valence-electron chi connectivity index (χ0n) is 12.7. The summed E-state index contributed by atoms with van der Waals surface area (Å²) < 4.78 is 6.00. The van der Waals surface area contributed by atoms with E-state index in [1.807, 2.05) is 0 Å². The topological polar surface area (TPSA) is 28.4 Å². The summed E-state index contributed by atoms with van der Waals surface area (Å²) in [6, 6.07) is 2.72. The van der Waals surface area contributed by atoms with Crippen molar-refractivity contribution < 1.29 is 4.42 Å². The van der Waals surface area contributed by atoms with Crippen LogP contribution in [0.15, 0.2) is 10.5 Å². The Bertz CT molecular complexity index is 361. The number of piperazine rings is 1. The third-order valence-corrected chi connectivity index (χ3v) is 4.19. The van der Waals surface area contributed by atoms with Crippen LogP contribution in [0.25, 0.3) is 0 Å². The Labute approximate surface area is 117 Å². The molecule has 0 amide bonds. The van der Waals surface area contributed by atoms with E-state index in [0.29, 0.717) is 6.04 Å². The fourth-order valence-electron chi connectivity index (χ4n) is 2.85. The van der Waals surface area contributed by atoms with Gasteiger partial charge in [0.15, 0.2) is 0 Å². The Morgan fingerprint density at radius 1 is 1.26 bits per heavy atom. The van der Waals surface area contributed by atoms with Gasteiger partial charge in [0.25, 0.3) is 0 Å². The van der Waals surface area contributed by atoms with E-state index >= 15 is 0 Å². The van der Waals surface area contributed by atoms with Gasteiger partial charge in [0.1, 0.15) is 11.5 Å². The van der Waals surface area contributed by atoms with Crippen molar-refractivity contribution in [2.24, 2.45) is 0 Å². The Morgan fingerprint density at radius 2 is 2.00 bits per heavy atom. The van der Waals surface area contributed by atoms with Crippen molar-refractivity contribution in [1.29, 1.82) is 0 Å². The zero-order valence-corrected chi connectivity index (χ0v) is 12.7. The van der Waals surface area contributed by atoms with Crippen molar-refractivity contribution in [1.82, 2.24) is 10.2 Å². The summed E-state index contributed by atoms with van der Waals surface area (Å²) in [4.78, 5) is 2.59. The van der Waals surface area contributed by atoms with Crippen molar-refractivity contribution in [2.45, 2.75) is 52.5 Å². The minimum atomic E-state index is 0.473. The van der Waals surface area contributed by atoms with Gasteiger partial charge < -0.3 is 9.73 Å². The normalized spacial score (nSPS) is 18.7. The first kappa shape index (κ1) is 14.6. The van der Waals surface area contributed by atoms with Gasteiger partial charge in [-0.15, -0.1) is 0 Å². The van der Waals surface area contributed by atoms with Crippen molar-refractivity contribution >= 4 is 0 Å². The Balaban J connectivity index is 2.07. The van der Waals surface area contributed by atoms with Crippen molar-refractivity contribution in [3.63, 3.8) is 0 Å². The molecule has 2 heterocycles. The highest BCUT2D eigenvalue weighted by atomic mass is 16.3. The average Bonchev–Trinajstić information content (AvgIpc) is 2.75. The van der Waals surface area contributed by atoms with Gasteiger partial charge in [0.2, 0.25) is 0 Å². The molecule has 3 heteroatoms. The Hall–Kier alpha value is -0.800. The molecule has 0 radical (unpaired) electrons. The van der Waals surface area contributed by atoms with Gasteiger partial charge in [0, 0.05) is 26.2 Å². The highest BCUT2D eigenvalue weighted by molar-refractivity contribution is 5.21. The van der Waals surface area contributed by atoms with Gasteiger partial charge in [-0.1, -0.05) is 26.2 Å². The quantitative estimate of drug-likeness (QED) is 0.798. The van der Waals surface area contributed by atoms with Crippen LogP contribution in [-0.4, -0.2) is 31.1 Å². The standard InChI is InChI=1S/C16H28N2O/c1-4-5-6-7-15(18-10-8-17-9-11-18)16-12-13(2)14(3)19-16/h12,15,17H,4-11H2,1-3H3/t15-/m0/s1. The minimum absolute atomic E-state index is 0.473. The molecule has 1 aliphatic heterocycles. The number of rotatable bonds is 6. The third-order valence-electron chi connectivity index (χ3n) is 4.19. The fraction of sp³-hybridized carbons (Fsp3) is 0.750. The van der Waals surface area contributed by atoms with E-state index < -0.39 is 0 Å². The predicted molar refractivity (Wildman–Crippen MR) is 79.5 cm³/mol. The molecule has 0 unspecified atom stereocenters. The molecule has 1 N–H and O–H groups in total. The maximum absolute atomic E-state index is 6.00. The van der Waals surface area contributed by atoms with E-state index in [9.17, 15) is 0 Å². The van der Waals surface area contributed by atoms with E-state index in [4.69, 9.17) is 4.42 Å². The summed E-state index contributed by atoms with van der Waals surface area (Å²) in [5.41, 5.74) is 1.28. The van der Waals surface area contributed by atoms with E-state index in [1.54, 1.807) is 0 Å². The first-order valence-electron chi connectivity index (χ1n) is 7.74. The second kappa shape index (κ2) is 7.11. The van der Waals surface area contributed by atoms with Crippen LogP contribution in [0.1, 0.15) is 55.7 Å². The number of hydrogen-bond acceptors (Lipinski definition) is 3. The van der Waals surface area contributed by atoms with Crippen LogP contribution >= 0.6 is 0 Å². The average molecular weight is 264 g/mol. The summed E-state index contributed by atoms with van der Waals surface area (Å²) in [6.45, 7) is 10.9. The molecular weight excluding hydrogens is 236 g/mol. The predicted octanol–water partition coefficient (Wildman–Crippen LogP) is 3.42. The second-order valence-electron chi connectivity index (χ2n) is 5.69. The molecule has 1 fully saturated rings. The van der Waals surface area contributed by atoms with Crippen LogP contribution in [0.4, 0.5) is 0 Å². The SMILES string of the molecule is CCCCC[C@@H](c1cc(C)c(C)o1)N1CCNCC1. The van der Waals surface area contributed by atoms with Gasteiger partial charge in [-0.05, 0) is 31.9 Å². The van der Waals surface area contributed by atoms with Gasteiger partial charge in [-0.25, -0.2) is 0 Å². The molecule has 0 saturated carbocycles. The van der Waals surface area contributed by atoms with Crippen LogP contribution in [0.2, 0.25) is 0 Å². The zero-order chi connectivity index (χ0) is 13.7. The Morgan fingerprint density at radius 3 is 2.58 bits per heavy atom. The summed E-state index contributed by atoms with van der Waals surface area (Å²) in [5, 5.41) is 3.43. The first-order valence-corrected chi connectivity index (χ1v) is 7.74. The lowest BCUT2D eigenvalue weighted by atomic mass is 10.0. The van der Waals surface area contributed by atoms with E-state index in [2.05, 4.69) is 37.1 Å². The highest BCUT2D eigenvalue weighted by Gasteiger charge is 2.24. The van der Waals surface area contributed by atoms with Gasteiger partial charge in [-0.3, -0.25) is 4.90 Å². The van der Waals surface area contributed by atoms with Crippen LogP contribution in [0, 0.1) is 13.8 Å². The van der Waals surface area contributed by atoms with E-state index in [1.165, 1.54) is 37.0 Å². The molecule has 1 aromatic rings. The smallest absolute Gasteiger partial charge is 0.121 e. The minimum Gasteiger partial charge on any atom is -0.464 e. The summed E-state index contributed by atoms with van der Waals surface area (Å²) in [7, 11) is 0. The monoisotopic (exact) mass is 264 g/mol. The van der Waals surface area contributed by atoms with Crippen molar-refractivity contribution in [3.8, 4) is 0 Å². The molecule has 1 saturated heterocycles. The molecule has 3 nitrogen and oxygen atoms in total. The fourth-order valence-corrected chi connectivity index (χ4v) is 2.85. The second-order valence-corrected chi connectivity index (χ2v) is 5.69. The van der Waals surface area contributed by atoms with Crippen LogP contribution < -0.4 is 5.32 Å². The van der Waals surface area contributed by atoms with Crippen LogP contribution in [0.3, 0.4) is 0 Å². The number of furan rings is 1. The molecular formula is C16H28N2O. The van der Waals surface area contributed by atoms with Gasteiger partial charge in [0.05, 0.1) is 6.04 Å². The molecule has 1 atom stereocenters. The molecule has 0 aliphatic carbocycles. The molecule has 1 aliphatic rings. The molecule has 0 aromatic carbocycles. The lowest BCUT2D eigenvalue weighted by Gasteiger charge is -2.34. The number of nitrogens with one attached hydrogen (secondary N) is 1. The van der Waals surface area contributed by atoms with Crippen molar-refractivity contribution in [3.05, 3.63) is 23.2 Å². The highest BCUT2D eigenvalue weighted by Crippen LogP contribution is 2.30. The van der Waals surface area contributed by atoms with E-state index in [0.717, 1.165) is 31.9 Å². The van der Waals surface area contributed by atoms with Gasteiger partial charge >= 0.3 is 0 Å².